The maximum atomic E-state index is 6.14. The third-order valence-electron chi connectivity index (χ3n) is 3.28. The number of ether oxygens (including phenoxy) is 1. The summed E-state index contributed by atoms with van der Waals surface area (Å²) in [5, 5.41) is 4.14. The molecule has 0 atom stereocenters. The molecule has 0 radical (unpaired) electrons. The SMILES string of the molecule is CCCCCCOc1ccc(Cl)c(CNC2CC2)n1. The lowest BCUT2D eigenvalue weighted by atomic mass is 10.2. The van der Waals surface area contributed by atoms with E-state index in [0.29, 0.717) is 16.9 Å². The van der Waals surface area contributed by atoms with E-state index >= 15 is 0 Å². The first-order valence-corrected chi connectivity index (χ1v) is 7.69. The zero-order chi connectivity index (χ0) is 13.5. The summed E-state index contributed by atoms with van der Waals surface area (Å²) in [6.45, 7) is 3.68. The van der Waals surface area contributed by atoms with Gasteiger partial charge in [0.25, 0.3) is 0 Å². The monoisotopic (exact) mass is 282 g/mol. The van der Waals surface area contributed by atoms with Crippen molar-refractivity contribution in [2.75, 3.05) is 6.61 Å². The third-order valence-corrected chi connectivity index (χ3v) is 3.62. The molecule has 106 valence electrons. The van der Waals surface area contributed by atoms with Crippen molar-refractivity contribution in [1.29, 1.82) is 0 Å². The molecule has 0 spiro atoms. The third kappa shape index (κ3) is 5.37. The highest BCUT2D eigenvalue weighted by Gasteiger charge is 2.20. The van der Waals surface area contributed by atoms with Crippen LogP contribution in [0.25, 0.3) is 0 Å². The Morgan fingerprint density at radius 1 is 1.32 bits per heavy atom. The van der Waals surface area contributed by atoms with E-state index in [4.69, 9.17) is 16.3 Å². The van der Waals surface area contributed by atoms with Crippen LogP contribution in [0, 0.1) is 0 Å². The topological polar surface area (TPSA) is 34.1 Å². The Morgan fingerprint density at radius 3 is 2.89 bits per heavy atom. The molecule has 1 N–H and O–H groups in total. The van der Waals surface area contributed by atoms with E-state index in [1.807, 2.05) is 12.1 Å². The lowest BCUT2D eigenvalue weighted by Gasteiger charge is -2.09. The van der Waals surface area contributed by atoms with Crippen molar-refractivity contribution in [3.05, 3.63) is 22.8 Å². The molecule has 1 aromatic heterocycles. The summed E-state index contributed by atoms with van der Waals surface area (Å²) in [4.78, 5) is 4.47. The Hall–Kier alpha value is -0.800. The van der Waals surface area contributed by atoms with Gasteiger partial charge >= 0.3 is 0 Å². The second-order valence-electron chi connectivity index (χ2n) is 5.14. The highest BCUT2D eigenvalue weighted by molar-refractivity contribution is 6.31. The number of aromatic nitrogens is 1. The molecular weight excluding hydrogens is 260 g/mol. The highest BCUT2D eigenvalue weighted by Crippen LogP contribution is 2.22. The lowest BCUT2D eigenvalue weighted by molar-refractivity contribution is 0.293. The highest BCUT2D eigenvalue weighted by atomic mass is 35.5. The minimum atomic E-state index is 0.663. The van der Waals surface area contributed by atoms with Crippen molar-refractivity contribution in [2.24, 2.45) is 0 Å². The Balaban J connectivity index is 1.77. The molecule has 1 heterocycles. The van der Waals surface area contributed by atoms with Crippen molar-refractivity contribution in [1.82, 2.24) is 10.3 Å². The van der Waals surface area contributed by atoms with E-state index < -0.39 is 0 Å². The maximum absolute atomic E-state index is 6.14. The van der Waals surface area contributed by atoms with Gasteiger partial charge in [-0.3, -0.25) is 0 Å². The maximum Gasteiger partial charge on any atom is 0.213 e. The summed E-state index contributed by atoms with van der Waals surface area (Å²) in [6.07, 6.45) is 7.37. The Kier molecular flexibility index (Phi) is 5.93. The summed E-state index contributed by atoms with van der Waals surface area (Å²) in [5.41, 5.74) is 0.889. The minimum Gasteiger partial charge on any atom is -0.478 e. The van der Waals surface area contributed by atoms with E-state index in [2.05, 4.69) is 17.2 Å². The van der Waals surface area contributed by atoms with Gasteiger partial charge in [0, 0.05) is 18.7 Å². The van der Waals surface area contributed by atoms with Crippen LogP contribution in [0.2, 0.25) is 5.02 Å². The second kappa shape index (κ2) is 7.71. The summed E-state index contributed by atoms with van der Waals surface area (Å²) < 4.78 is 5.67. The predicted molar refractivity (Wildman–Crippen MR) is 78.7 cm³/mol. The molecule has 0 saturated heterocycles. The average molecular weight is 283 g/mol. The first-order valence-electron chi connectivity index (χ1n) is 7.31. The molecule has 1 aromatic rings. The molecule has 4 heteroatoms. The fourth-order valence-electron chi connectivity index (χ4n) is 1.90. The van der Waals surface area contributed by atoms with Gasteiger partial charge in [-0.15, -0.1) is 0 Å². The predicted octanol–water partition coefficient (Wildman–Crippen LogP) is 3.95. The number of hydrogen-bond acceptors (Lipinski definition) is 3. The van der Waals surface area contributed by atoms with Crippen LogP contribution in [-0.2, 0) is 6.54 Å². The molecule has 3 nitrogen and oxygen atoms in total. The minimum absolute atomic E-state index is 0.663. The van der Waals surface area contributed by atoms with E-state index in [-0.39, 0.29) is 0 Å². The molecule has 2 rings (SSSR count). The number of rotatable bonds is 9. The van der Waals surface area contributed by atoms with Crippen molar-refractivity contribution in [2.45, 2.75) is 58.0 Å². The van der Waals surface area contributed by atoms with Gasteiger partial charge in [-0.25, -0.2) is 4.98 Å². The van der Waals surface area contributed by atoms with Crippen LogP contribution in [-0.4, -0.2) is 17.6 Å². The normalized spacial score (nSPS) is 14.6. The van der Waals surface area contributed by atoms with E-state index in [1.54, 1.807) is 0 Å². The number of halogens is 1. The largest absolute Gasteiger partial charge is 0.478 e. The van der Waals surface area contributed by atoms with Crippen molar-refractivity contribution >= 4 is 11.6 Å². The zero-order valence-electron chi connectivity index (χ0n) is 11.6. The van der Waals surface area contributed by atoms with Crippen LogP contribution >= 0.6 is 11.6 Å². The van der Waals surface area contributed by atoms with E-state index in [9.17, 15) is 0 Å². The first kappa shape index (κ1) is 14.6. The van der Waals surface area contributed by atoms with Gasteiger partial charge in [-0.2, -0.15) is 0 Å². The second-order valence-corrected chi connectivity index (χ2v) is 5.55. The molecular formula is C15H23ClN2O. The lowest BCUT2D eigenvalue weighted by Crippen LogP contribution is -2.16. The van der Waals surface area contributed by atoms with Gasteiger partial charge in [-0.1, -0.05) is 37.8 Å². The molecule has 0 aromatic carbocycles. The molecule has 0 aliphatic heterocycles. The number of unbranched alkanes of at least 4 members (excludes halogenated alkanes) is 3. The van der Waals surface area contributed by atoms with Gasteiger partial charge in [0.1, 0.15) is 0 Å². The van der Waals surface area contributed by atoms with Gasteiger partial charge in [-0.05, 0) is 25.3 Å². The van der Waals surface area contributed by atoms with Crippen LogP contribution in [0.4, 0.5) is 0 Å². The quantitative estimate of drug-likeness (QED) is 0.697. The molecule has 1 fully saturated rings. The van der Waals surface area contributed by atoms with Crippen LogP contribution in [0.3, 0.4) is 0 Å². The molecule has 1 saturated carbocycles. The summed E-state index contributed by atoms with van der Waals surface area (Å²) >= 11 is 6.14. The number of pyridine rings is 1. The first-order chi connectivity index (χ1) is 9.29. The fraction of sp³-hybridized carbons (Fsp3) is 0.667. The van der Waals surface area contributed by atoms with Crippen molar-refractivity contribution < 1.29 is 4.74 Å². The smallest absolute Gasteiger partial charge is 0.213 e. The average Bonchev–Trinajstić information content (AvgIpc) is 3.23. The number of nitrogens with one attached hydrogen (secondary N) is 1. The van der Waals surface area contributed by atoms with Crippen LogP contribution < -0.4 is 10.1 Å². The van der Waals surface area contributed by atoms with Crippen molar-refractivity contribution in [3.8, 4) is 5.88 Å². The zero-order valence-corrected chi connectivity index (χ0v) is 12.4. The standard InChI is InChI=1S/C15H23ClN2O/c1-2-3-4-5-10-19-15-9-8-13(16)14(18-15)11-17-12-6-7-12/h8-9,12,17H,2-7,10-11H2,1H3. The van der Waals surface area contributed by atoms with Gasteiger partial charge in [0.15, 0.2) is 0 Å². The molecule has 0 bridgehead atoms. The Bertz CT molecular complexity index is 394. The van der Waals surface area contributed by atoms with Gasteiger partial charge in [0.05, 0.1) is 17.3 Å². The van der Waals surface area contributed by atoms with Gasteiger partial charge in [0.2, 0.25) is 5.88 Å². The molecule has 0 unspecified atom stereocenters. The molecule has 19 heavy (non-hydrogen) atoms. The molecule has 1 aliphatic rings. The summed E-state index contributed by atoms with van der Waals surface area (Å²) in [7, 11) is 0. The van der Waals surface area contributed by atoms with E-state index in [0.717, 1.165) is 25.3 Å². The number of hydrogen-bond donors (Lipinski definition) is 1. The summed E-state index contributed by atoms with van der Waals surface area (Å²) in [5.74, 6) is 0.688. The van der Waals surface area contributed by atoms with Crippen molar-refractivity contribution in [3.63, 3.8) is 0 Å². The summed E-state index contributed by atoms with van der Waals surface area (Å²) in [6, 6.07) is 4.39. The van der Waals surface area contributed by atoms with Crippen LogP contribution in [0.15, 0.2) is 12.1 Å². The fourth-order valence-corrected chi connectivity index (χ4v) is 2.07. The van der Waals surface area contributed by atoms with Crippen LogP contribution in [0.5, 0.6) is 5.88 Å². The molecule has 0 amide bonds. The Labute approximate surface area is 120 Å². The van der Waals surface area contributed by atoms with Gasteiger partial charge < -0.3 is 10.1 Å². The van der Waals surface area contributed by atoms with Crippen LogP contribution in [0.1, 0.15) is 51.1 Å². The van der Waals surface area contributed by atoms with E-state index in [1.165, 1.54) is 32.1 Å². The number of nitrogens with zero attached hydrogens (tertiary/aromatic N) is 1. The Morgan fingerprint density at radius 2 is 2.16 bits per heavy atom. The molecule has 1 aliphatic carbocycles.